The minimum absolute atomic E-state index is 0.0121. The Morgan fingerprint density at radius 3 is 2.50 bits per heavy atom. The Labute approximate surface area is 209 Å². The Kier molecular flexibility index (Phi) is 6.05. The number of aromatic nitrogens is 1. The lowest BCUT2D eigenvalue weighted by atomic mass is 9.68. The van der Waals surface area contributed by atoms with Gasteiger partial charge >= 0.3 is 6.18 Å². The molecule has 8 heteroatoms. The van der Waals surface area contributed by atoms with Gasteiger partial charge in [-0.2, -0.15) is 13.2 Å². The van der Waals surface area contributed by atoms with Gasteiger partial charge in [-0.3, -0.25) is 4.98 Å². The van der Waals surface area contributed by atoms with Crippen molar-refractivity contribution in [2.45, 2.75) is 83.8 Å². The van der Waals surface area contributed by atoms with E-state index in [9.17, 15) is 22.7 Å². The van der Waals surface area contributed by atoms with Crippen LogP contribution in [-0.4, -0.2) is 23.3 Å². The summed E-state index contributed by atoms with van der Waals surface area (Å²) in [5.41, 5.74) is 2.13. The maximum absolute atomic E-state index is 14.7. The number of rotatable bonds is 2. The van der Waals surface area contributed by atoms with E-state index in [1.165, 1.54) is 6.07 Å². The summed E-state index contributed by atoms with van der Waals surface area (Å²) in [6, 6.07) is 3.01. The zero-order chi connectivity index (χ0) is 26.2. The molecule has 0 amide bonds. The lowest BCUT2D eigenvalue weighted by Crippen LogP contribution is -2.43. The molecular weight excluding hydrogens is 474 g/mol. The number of hydrogen-bond donors (Lipinski definition) is 1. The molecule has 2 aromatic rings. The molecule has 1 aromatic carbocycles. The van der Waals surface area contributed by atoms with Crippen molar-refractivity contribution >= 4 is 0 Å². The Balaban J connectivity index is 1.79. The van der Waals surface area contributed by atoms with Gasteiger partial charge in [-0.1, -0.05) is 40.7 Å². The number of alkyl halides is 3. The number of aliphatic hydroxyl groups is 1. The highest BCUT2D eigenvalue weighted by Crippen LogP contribution is 2.59. The summed E-state index contributed by atoms with van der Waals surface area (Å²) in [5.74, 6) is -1.42. The molecule has 36 heavy (non-hydrogen) atoms. The first-order valence-corrected chi connectivity index (χ1v) is 12.6. The number of hydrogen-bond acceptors (Lipinski definition) is 4. The fraction of sp³-hybridized carbons (Fsp3) is 0.607. The minimum Gasteiger partial charge on any atom is -0.388 e. The molecule has 2 aliphatic heterocycles. The Hall–Kier alpha value is -2.03. The number of nitrogens with zero attached hydrogens (tertiary/aromatic N) is 1. The maximum Gasteiger partial charge on any atom is 0.419 e. The maximum atomic E-state index is 14.7. The van der Waals surface area contributed by atoms with E-state index in [0.29, 0.717) is 38.0 Å². The van der Waals surface area contributed by atoms with Crippen molar-refractivity contribution in [1.29, 1.82) is 0 Å². The van der Waals surface area contributed by atoms with Crippen LogP contribution in [-0.2, 0) is 27.7 Å². The van der Waals surface area contributed by atoms with E-state index in [2.05, 4.69) is 13.8 Å². The molecule has 1 aromatic heterocycles. The first kappa shape index (κ1) is 25.6. The van der Waals surface area contributed by atoms with Gasteiger partial charge < -0.3 is 14.6 Å². The molecule has 3 heterocycles. The molecule has 0 saturated carbocycles. The van der Waals surface area contributed by atoms with Crippen LogP contribution in [0.15, 0.2) is 18.2 Å². The summed E-state index contributed by atoms with van der Waals surface area (Å²) < 4.78 is 67.1. The molecule has 1 saturated heterocycles. The molecule has 5 rings (SSSR count). The van der Waals surface area contributed by atoms with Crippen molar-refractivity contribution in [2.24, 2.45) is 11.3 Å². The molecule has 0 bridgehead atoms. The predicted molar refractivity (Wildman–Crippen MR) is 126 cm³/mol. The van der Waals surface area contributed by atoms with E-state index >= 15 is 0 Å². The smallest absolute Gasteiger partial charge is 0.388 e. The van der Waals surface area contributed by atoms with Crippen molar-refractivity contribution in [3.05, 3.63) is 63.2 Å². The third-order valence-electron chi connectivity index (χ3n) is 8.05. The summed E-state index contributed by atoms with van der Waals surface area (Å²) in [7, 11) is 0. The molecule has 196 valence electrons. The van der Waals surface area contributed by atoms with Crippen LogP contribution in [0.5, 0.6) is 0 Å². The number of pyridine rings is 1. The number of fused-ring (bicyclic) bond motifs is 4. The largest absolute Gasteiger partial charge is 0.419 e. The van der Waals surface area contributed by atoms with Crippen LogP contribution in [0.4, 0.5) is 17.6 Å². The highest BCUT2D eigenvalue weighted by atomic mass is 19.4. The van der Waals surface area contributed by atoms with Crippen molar-refractivity contribution in [1.82, 2.24) is 4.98 Å². The summed E-state index contributed by atoms with van der Waals surface area (Å²) in [4.78, 5) is 5.04. The van der Waals surface area contributed by atoms with E-state index in [4.69, 9.17) is 14.5 Å². The second-order valence-electron chi connectivity index (χ2n) is 11.7. The lowest BCUT2D eigenvalue weighted by Gasteiger charge is -2.43. The van der Waals surface area contributed by atoms with Gasteiger partial charge in [0.15, 0.2) is 0 Å². The minimum atomic E-state index is -4.78. The normalized spacial score (nSPS) is 29.5. The van der Waals surface area contributed by atoms with Crippen LogP contribution in [0.2, 0.25) is 0 Å². The highest BCUT2D eigenvalue weighted by molar-refractivity contribution is 5.55. The second kappa shape index (κ2) is 8.50. The first-order chi connectivity index (χ1) is 16.7. The lowest BCUT2D eigenvalue weighted by molar-refractivity contribution is -0.157. The van der Waals surface area contributed by atoms with Crippen LogP contribution in [0.1, 0.15) is 105 Å². The van der Waals surface area contributed by atoms with Gasteiger partial charge in [0.05, 0.1) is 18.3 Å². The van der Waals surface area contributed by atoms with Gasteiger partial charge in [-0.05, 0) is 47.4 Å². The molecule has 1 N–H and O–H groups in total. The second-order valence-corrected chi connectivity index (χ2v) is 11.7. The third kappa shape index (κ3) is 3.96. The molecule has 1 spiro atoms. The van der Waals surface area contributed by atoms with Crippen molar-refractivity contribution in [2.75, 3.05) is 13.2 Å². The molecule has 1 fully saturated rings. The van der Waals surface area contributed by atoms with Crippen LogP contribution < -0.4 is 0 Å². The van der Waals surface area contributed by atoms with Crippen LogP contribution >= 0.6 is 0 Å². The average Bonchev–Trinajstić information content (AvgIpc) is 3.09. The number of ether oxygens (including phenoxy) is 2. The quantitative estimate of drug-likeness (QED) is 0.458. The number of aliphatic hydroxyl groups excluding tert-OH is 1. The molecule has 4 atom stereocenters. The van der Waals surface area contributed by atoms with Gasteiger partial charge in [0.2, 0.25) is 0 Å². The average molecular weight is 508 g/mol. The van der Waals surface area contributed by atoms with Crippen LogP contribution in [0.25, 0.3) is 0 Å². The van der Waals surface area contributed by atoms with E-state index in [1.54, 1.807) is 0 Å². The predicted octanol–water partition coefficient (Wildman–Crippen LogP) is 6.74. The van der Waals surface area contributed by atoms with Crippen molar-refractivity contribution < 1.29 is 32.1 Å². The van der Waals surface area contributed by atoms with E-state index in [1.807, 2.05) is 20.8 Å². The molecule has 3 aliphatic rings. The fourth-order valence-electron chi connectivity index (χ4n) is 6.39. The summed E-state index contributed by atoms with van der Waals surface area (Å²) in [6.45, 7) is 11.2. The van der Waals surface area contributed by atoms with Crippen LogP contribution in [0, 0.1) is 17.2 Å². The van der Waals surface area contributed by atoms with Crippen molar-refractivity contribution in [3.63, 3.8) is 0 Å². The highest BCUT2D eigenvalue weighted by Gasteiger charge is 2.55. The number of benzene rings is 1. The SMILES string of the molecule is CC(C)c1nc2c(c3c1C(c1ccc(C(F)(F)F)c(F)c1)OC31CCOCC1C)C(O)CC(C)(C)C2. The fourth-order valence-corrected chi connectivity index (χ4v) is 6.39. The summed E-state index contributed by atoms with van der Waals surface area (Å²) >= 11 is 0. The third-order valence-corrected chi connectivity index (χ3v) is 8.05. The van der Waals surface area contributed by atoms with E-state index in [0.717, 1.165) is 40.2 Å². The Morgan fingerprint density at radius 1 is 1.17 bits per heavy atom. The van der Waals surface area contributed by atoms with Gasteiger partial charge in [0.1, 0.15) is 17.5 Å². The van der Waals surface area contributed by atoms with Gasteiger partial charge in [0, 0.05) is 41.5 Å². The van der Waals surface area contributed by atoms with Crippen molar-refractivity contribution in [3.8, 4) is 0 Å². The Morgan fingerprint density at radius 2 is 1.89 bits per heavy atom. The zero-order valence-corrected chi connectivity index (χ0v) is 21.3. The molecular formula is C28H33F4NO3. The molecule has 4 nitrogen and oxygen atoms in total. The summed E-state index contributed by atoms with van der Waals surface area (Å²) in [5, 5.41) is 11.4. The van der Waals surface area contributed by atoms with E-state index in [-0.39, 0.29) is 17.3 Å². The summed E-state index contributed by atoms with van der Waals surface area (Å²) in [6.07, 6.45) is -4.53. The first-order valence-electron chi connectivity index (χ1n) is 12.6. The monoisotopic (exact) mass is 507 g/mol. The number of halogens is 4. The van der Waals surface area contributed by atoms with E-state index < -0.39 is 35.4 Å². The Bertz CT molecular complexity index is 1190. The van der Waals surface area contributed by atoms with Gasteiger partial charge in [-0.25, -0.2) is 4.39 Å². The zero-order valence-electron chi connectivity index (χ0n) is 21.3. The molecule has 4 unspecified atom stereocenters. The van der Waals surface area contributed by atoms with Gasteiger partial charge in [-0.15, -0.1) is 0 Å². The van der Waals surface area contributed by atoms with Gasteiger partial charge in [0.25, 0.3) is 0 Å². The molecule has 1 aliphatic carbocycles. The molecule has 0 radical (unpaired) electrons. The topological polar surface area (TPSA) is 51.6 Å². The van der Waals surface area contributed by atoms with Crippen LogP contribution in [0.3, 0.4) is 0 Å². The standard InChI is InChI=1S/C28H33F4NO3/c1-14(2)24-22-23(21-19(33-24)11-26(4,5)12-20(21)34)27(8-9-35-13-15(27)3)36-25(22)16-6-7-17(18(29)10-16)28(30,31)32/h6-7,10,14-15,20,25,34H,8-9,11-13H2,1-5H3.